The summed E-state index contributed by atoms with van der Waals surface area (Å²) in [5.41, 5.74) is 1.99. The van der Waals surface area contributed by atoms with Gasteiger partial charge in [-0.1, -0.05) is 53.2 Å². The van der Waals surface area contributed by atoms with Gasteiger partial charge >= 0.3 is 0 Å². The van der Waals surface area contributed by atoms with Crippen molar-refractivity contribution >= 4 is 74.9 Å². The SMILES string of the molecule is CCOc1cc(/C=C2\SC(=S)N(c3ccc(Cl)cc3Cl)C2=O)ccc1OCc1ccc([N+](=O)[O-])cc1. The summed E-state index contributed by atoms with van der Waals surface area (Å²) in [7, 11) is 0. The largest absolute Gasteiger partial charge is 0.490 e. The van der Waals surface area contributed by atoms with E-state index >= 15 is 0 Å². The molecule has 1 fully saturated rings. The van der Waals surface area contributed by atoms with Gasteiger partial charge in [-0.05, 0) is 66.6 Å². The van der Waals surface area contributed by atoms with Crippen LogP contribution in [-0.4, -0.2) is 21.8 Å². The number of hydrogen-bond acceptors (Lipinski definition) is 7. The molecule has 0 spiro atoms. The van der Waals surface area contributed by atoms with Crippen LogP contribution < -0.4 is 14.4 Å². The molecule has 184 valence electrons. The molecular weight excluding hydrogens is 543 g/mol. The van der Waals surface area contributed by atoms with Crippen LogP contribution in [0.5, 0.6) is 11.5 Å². The summed E-state index contributed by atoms with van der Waals surface area (Å²) in [6.07, 6.45) is 1.73. The Kier molecular flexibility index (Phi) is 8.15. The van der Waals surface area contributed by atoms with Crippen LogP contribution >= 0.6 is 47.2 Å². The first-order valence-corrected chi connectivity index (χ1v) is 12.6. The topological polar surface area (TPSA) is 81.9 Å². The number of thiocarbonyl (C=S) groups is 1. The number of nitro groups is 1. The Morgan fingerprint density at radius 2 is 1.81 bits per heavy atom. The molecule has 36 heavy (non-hydrogen) atoms. The van der Waals surface area contributed by atoms with Gasteiger partial charge in [-0.15, -0.1) is 0 Å². The second kappa shape index (κ2) is 11.3. The maximum absolute atomic E-state index is 13.1. The summed E-state index contributed by atoms with van der Waals surface area (Å²) in [5, 5.41) is 11.6. The molecule has 1 aliphatic heterocycles. The van der Waals surface area contributed by atoms with E-state index in [2.05, 4.69) is 0 Å². The molecule has 7 nitrogen and oxygen atoms in total. The van der Waals surface area contributed by atoms with Crippen LogP contribution in [0.15, 0.2) is 65.6 Å². The van der Waals surface area contributed by atoms with Gasteiger partial charge in [0.25, 0.3) is 11.6 Å². The highest BCUT2D eigenvalue weighted by Crippen LogP contribution is 2.40. The molecule has 1 saturated heterocycles. The number of anilines is 1. The fourth-order valence-electron chi connectivity index (χ4n) is 3.37. The van der Waals surface area contributed by atoms with E-state index in [4.69, 9.17) is 44.9 Å². The number of nitrogens with zero attached hydrogens (tertiary/aromatic N) is 2. The van der Waals surface area contributed by atoms with Gasteiger partial charge in [0.2, 0.25) is 0 Å². The Morgan fingerprint density at radius 1 is 1.06 bits per heavy atom. The lowest BCUT2D eigenvalue weighted by Crippen LogP contribution is -2.27. The minimum Gasteiger partial charge on any atom is -0.490 e. The van der Waals surface area contributed by atoms with Crippen molar-refractivity contribution in [3.05, 3.63) is 96.9 Å². The zero-order chi connectivity index (χ0) is 25.8. The van der Waals surface area contributed by atoms with E-state index < -0.39 is 4.92 Å². The van der Waals surface area contributed by atoms with Crippen molar-refractivity contribution in [2.75, 3.05) is 11.5 Å². The molecule has 0 atom stereocenters. The molecule has 0 unspecified atom stereocenters. The van der Waals surface area contributed by atoms with Gasteiger partial charge in [-0.2, -0.15) is 0 Å². The van der Waals surface area contributed by atoms with Crippen LogP contribution in [0.4, 0.5) is 11.4 Å². The van der Waals surface area contributed by atoms with Gasteiger partial charge < -0.3 is 9.47 Å². The number of non-ortho nitro benzene ring substituents is 1. The van der Waals surface area contributed by atoms with Crippen LogP contribution in [0.3, 0.4) is 0 Å². The summed E-state index contributed by atoms with van der Waals surface area (Å²) >= 11 is 18.9. The van der Waals surface area contributed by atoms with Crippen LogP contribution in [0.1, 0.15) is 18.1 Å². The van der Waals surface area contributed by atoms with Crippen LogP contribution in [0, 0.1) is 10.1 Å². The molecule has 0 aromatic heterocycles. The smallest absolute Gasteiger partial charge is 0.270 e. The Morgan fingerprint density at radius 3 is 2.47 bits per heavy atom. The van der Waals surface area contributed by atoms with Crippen LogP contribution in [0.25, 0.3) is 6.08 Å². The Bertz CT molecular complexity index is 1380. The number of hydrogen-bond donors (Lipinski definition) is 0. The number of amides is 1. The lowest BCUT2D eigenvalue weighted by atomic mass is 10.1. The average molecular weight is 561 g/mol. The molecule has 11 heteroatoms. The standard InChI is InChI=1S/C25H18Cl2N2O5S2/c1-2-33-22-11-16(5-10-21(22)34-14-15-3-7-18(8-4-15)29(31)32)12-23-24(30)28(25(35)36-23)20-9-6-17(26)13-19(20)27/h3-13H,2,14H2,1H3/b23-12-. The van der Waals surface area contributed by atoms with Crippen LogP contribution in [-0.2, 0) is 11.4 Å². The highest BCUT2D eigenvalue weighted by Gasteiger charge is 2.34. The quantitative estimate of drug-likeness (QED) is 0.124. The fraction of sp³-hybridized carbons (Fsp3) is 0.120. The van der Waals surface area contributed by atoms with Crippen molar-refractivity contribution in [1.29, 1.82) is 0 Å². The predicted molar refractivity (Wildman–Crippen MR) is 147 cm³/mol. The molecule has 4 rings (SSSR count). The van der Waals surface area contributed by atoms with E-state index in [0.717, 1.165) is 11.1 Å². The number of carbonyl (C=O) groups excluding carboxylic acids is 1. The maximum Gasteiger partial charge on any atom is 0.270 e. The fourth-order valence-corrected chi connectivity index (χ4v) is 5.14. The minimum atomic E-state index is -0.450. The molecule has 1 amide bonds. The zero-order valence-corrected chi connectivity index (χ0v) is 21.9. The van der Waals surface area contributed by atoms with Gasteiger partial charge in [0, 0.05) is 17.2 Å². The number of benzene rings is 3. The summed E-state index contributed by atoms with van der Waals surface area (Å²) in [4.78, 5) is 25.3. The molecule has 0 radical (unpaired) electrons. The van der Waals surface area contributed by atoms with E-state index in [-0.39, 0.29) is 18.2 Å². The third-order valence-electron chi connectivity index (χ3n) is 5.05. The normalized spacial score (nSPS) is 14.4. The first-order chi connectivity index (χ1) is 17.3. The van der Waals surface area contributed by atoms with Crippen molar-refractivity contribution in [2.24, 2.45) is 0 Å². The maximum atomic E-state index is 13.1. The lowest BCUT2D eigenvalue weighted by Gasteiger charge is -2.16. The Balaban J connectivity index is 1.53. The van der Waals surface area contributed by atoms with Gasteiger partial charge in [-0.3, -0.25) is 19.8 Å². The van der Waals surface area contributed by atoms with E-state index in [1.807, 2.05) is 6.92 Å². The van der Waals surface area contributed by atoms with Gasteiger partial charge in [0.05, 0.1) is 27.1 Å². The molecule has 3 aromatic carbocycles. The van der Waals surface area contributed by atoms with Crippen molar-refractivity contribution in [2.45, 2.75) is 13.5 Å². The Labute approximate surface area is 226 Å². The predicted octanol–water partition coefficient (Wildman–Crippen LogP) is 7.29. The highest BCUT2D eigenvalue weighted by molar-refractivity contribution is 8.27. The number of carbonyl (C=O) groups is 1. The minimum absolute atomic E-state index is 0.0156. The first kappa shape index (κ1) is 26.0. The highest BCUT2D eigenvalue weighted by atomic mass is 35.5. The van der Waals surface area contributed by atoms with E-state index in [1.165, 1.54) is 28.8 Å². The second-order valence-electron chi connectivity index (χ2n) is 7.46. The van der Waals surface area contributed by atoms with Gasteiger partial charge in [0.1, 0.15) is 6.61 Å². The van der Waals surface area contributed by atoms with E-state index in [1.54, 1.807) is 54.6 Å². The number of thioether (sulfide) groups is 1. The first-order valence-electron chi connectivity index (χ1n) is 10.6. The zero-order valence-electron chi connectivity index (χ0n) is 18.8. The average Bonchev–Trinajstić information content (AvgIpc) is 3.11. The van der Waals surface area contributed by atoms with Crippen molar-refractivity contribution in [3.63, 3.8) is 0 Å². The summed E-state index contributed by atoms with van der Waals surface area (Å²) < 4.78 is 12.0. The molecule has 3 aromatic rings. The Hall–Kier alpha value is -3.11. The van der Waals surface area contributed by atoms with Crippen LogP contribution in [0.2, 0.25) is 10.0 Å². The van der Waals surface area contributed by atoms with Gasteiger partial charge in [-0.25, -0.2) is 0 Å². The monoisotopic (exact) mass is 560 g/mol. The van der Waals surface area contributed by atoms with Crippen molar-refractivity contribution < 1.29 is 19.2 Å². The third kappa shape index (κ3) is 5.82. The van der Waals surface area contributed by atoms with Crippen molar-refractivity contribution in [1.82, 2.24) is 0 Å². The molecule has 0 bridgehead atoms. The molecule has 1 heterocycles. The molecule has 0 aliphatic carbocycles. The molecule has 1 aliphatic rings. The molecule has 0 N–H and O–H groups in total. The summed E-state index contributed by atoms with van der Waals surface area (Å²) in [6, 6.07) is 16.3. The number of rotatable bonds is 8. The second-order valence-corrected chi connectivity index (χ2v) is 9.98. The summed E-state index contributed by atoms with van der Waals surface area (Å²) in [6.45, 7) is 2.47. The lowest BCUT2D eigenvalue weighted by molar-refractivity contribution is -0.384. The third-order valence-corrected chi connectivity index (χ3v) is 6.89. The number of nitro benzene ring substituents is 1. The molecule has 0 saturated carbocycles. The summed E-state index contributed by atoms with van der Waals surface area (Å²) in [5.74, 6) is 0.725. The molecular formula is C25H18Cl2N2O5S2. The van der Waals surface area contributed by atoms with Crippen molar-refractivity contribution in [3.8, 4) is 11.5 Å². The number of halogens is 2. The van der Waals surface area contributed by atoms with E-state index in [9.17, 15) is 14.9 Å². The number of ether oxygens (including phenoxy) is 2. The van der Waals surface area contributed by atoms with Gasteiger partial charge in [0.15, 0.2) is 15.8 Å². The van der Waals surface area contributed by atoms with E-state index in [0.29, 0.717) is 43.1 Å².